The molecule has 0 aliphatic carbocycles. The van der Waals surface area contributed by atoms with Crippen LogP contribution >= 0.6 is 24.0 Å². The minimum atomic E-state index is -0.250. The van der Waals surface area contributed by atoms with Crippen LogP contribution in [0.4, 0.5) is 10.1 Å². The highest BCUT2D eigenvalue weighted by atomic mass is 127. The monoisotopic (exact) mass is 513 g/mol. The van der Waals surface area contributed by atoms with Gasteiger partial charge in [0.05, 0.1) is 5.69 Å². The van der Waals surface area contributed by atoms with Crippen LogP contribution in [-0.2, 0) is 13.1 Å². The number of halogens is 2. The van der Waals surface area contributed by atoms with Crippen molar-refractivity contribution in [2.75, 3.05) is 40.1 Å². The Hall–Kier alpha value is -2.36. The maximum absolute atomic E-state index is 14.1. The largest absolute Gasteiger partial charge is 0.375 e. The highest BCUT2D eigenvalue weighted by molar-refractivity contribution is 14.0. The number of hydrogen-bond donors (Lipinski definition) is 2. The molecule has 8 heteroatoms. The Morgan fingerprint density at radius 3 is 2.00 bits per heavy atom. The Balaban J connectivity index is 0.00000420. The molecule has 6 nitrogen and oxygen atoms in total. The lowest BCUT2D eigenvalue weighted by atomic mass is 10.1. The van der Waals surface area contributed by atoms with Crippen molar-refractivity contribution in [1.29, 1.82) is 0 Å². The average Bonchev–Trinajstić information content (AvgIpc) is 2.67. The zero-order valence-corrected chi connectivity index (χ0v) is 19.8. The molecule has 0 aromatic heterocycles. The lowest BCUT2D eigenvalue weighted by molar-refractivity contribution is 0.0827. The molecular formula is C21H29FIN5O. The number of carbonyl (C=O) groups excluding carboxylic acids is 1. The van der Waals surface area contributed by atoms with Crippen LogP contribution in [0.3, 0.4) is 0 Å². The van der Waals surface area contributed by atoms with E-state index < -0.39 is 0 Å². The molecule has 0 heterocycles. The summed E-state index contributed by atoms with van der Waals surface area (Å²) in [6, 6.07) is 12.6. The van der Waals surface area contributed by atoms with Gasteiger partial charge in [0.2, 0.25) is 0 Å². The Bertz CT molecular complexity index is 837. The molecule has 2 aromatic carbocycles. The van der Waals surface area contributed by atoms with Gasteiger partial charge in [0.15, 0.2) is 5.96 Å². The standard InChI is InChI=1S/C21H28FN5O.HI/c1-23-21(25-14-16-8-11-19(26(2)3)18(22)12-16)24-13-15-6-9-17(10-7-15)20(28)27(4)5;/h6-12H,13-14H2,1-5H3,(H2,23,24,25);1H. The summed E-state index contributed by atoms with van der Waals surface area (Å²) in [6.07, 6.45) is 0. The minimum absolute atomic E-state index is 0. The highest BCUT2D eigenvalue weighted by Crippen LogP contribution is 2.18. The smallest absolute Gasteiger partial charge is 0.253 e. The SMILES string of the molecule is CN=C(NCc1ccc(C(=O)N(C)C)cc1)NCc1ccc(N(C)C)c(F)c1.I. The molecule has 29 heavy (non-hydrogen) atoms. The molecule has 0 saturated carbocycles. The van der Waals surface area contributed by atoms with Crippen molar-refractivity contribution in [1.82, 2.24) is 15.5 Å². The van der Waals surface area contributed by atoms with E-state index in [-0.39, 0.29) is 35.7 Å². The van der Waals surface area contributed by atoms with Gasteiger partial charge in [-0.25, -0.2) is 4.39 Å². The third-order valence-electron chi connectivity index (χ3n) is 4.24. The molecule has 0 unspecified atom stereocenters. The maximum atomic E-state index is 14.1. The number of hydrogen-bond acceptors (Lipinski definition) is 3. The molecule has 2 N–H and O–H groups in total. The van der Waals surface area contributed by atoms with Crippen molar-refractivity contribution in [3.05, 3.63) is 65.0 Å². The first-order valence-electron chi connectivity index (χ1n) is 9.02. The van der Waals surface area contributed by atoms with Gasteiger partial charge < -0.3 is 20.4 Å². The Morgan fingerprint density at radius 2 is 1.52 bits per heavy atom. The zero-order valence-electron chi connectivity index (χ0n) is 17.5. The van der Waals surface area contributed by atoms with Crippen LogP contribution in [0.15, 0.2) is 47.5 Å². The summed E-state index contributed by atoms with van der Waals surface area (Å²) in [5.41, 5.74) is 3.07. The van der Waals surface area contributed by atoms with Crippen LogP contribution in [0.2, 0.25) is 0 Å². The maximum Gasteiger partial charge on any atom is 0.253 e. The number of nitrogens with one attached hydrogen (secondary N) is 2. The fraction of sp³-hybridized carbons (Fsp3) is 0.333. The van der Waals surface area contributed by atoms with E-state index in [1.807, 2.05) is 44.4 Å². The third kappa shape index (κ3) is 7.19. The molecule has 2 aromatic rings. The molecule has 2 rings (SSSR count). The molecule has 0 fully saturated rings. The molecule has 0 aliphatic rings. The van der Waals surface area contributed by atoms with Crippen molar-refractivity contribution in [3.8, 4) is 0 Å². The number of benzene rings is 2. The number of anilines is 1. The van der Waals surface area contributed by atoms with Gasteiger partial charge in [-0.05, 0) is 35.4 Å². The number of rotatable bonds is 6. The van der Waals surface area contributed by atoms with Crippen LogP contribution in [-0.4, -0.2) is 52.0 Å². The van der Waals surface area contributed by atoms with Crippen molar-refractivity contribution in [2.24, 2.45) is 4.99 Å². The quantitative estimate of drug-likeness (QED) is 0.354. The van der Waals surface area contributed by atoms with Gasteiger partial charge in [0.25, 0.3) is 5.91 Å². The summed E-state index contributed by atoms with van der Waals surface area (Å²) in [6.45, 7) is 1.02. The van der Waals surface area contributed by atoms with Crippen LogP contribution in [0, 0.1) is 5.82 Å². The van der Waals surface area contributed by atoms with Gasteiger partial charge >= 0.3 is 0 Å². The van der Waals surface area contributed by atoms with Gasteiger partial charge in [-0.2, -0.15) is 0 Å². The highest BCUT2D eigenvalue weighted by Gasteiger charge is 2.08. The van der Waals surface area contributed by atoms with E-state index in [9.17, 15) is 9.18 Å². The number of carbonyl (C=O) groups is 1. The van der Waals surface area contributed by atoms with E-state index in [1.165, 1.54) is 6.07 Å². The lowest BCUT2D eigenvalue weighted by Gasteiger charge is -2.15. The van der Waals surface area contributed by atoms with E-state index in [0.717, 1.165) is 11.1 Å². The first-order chi connectivity index (χ1) is 13.3. The van der Waals surface area contributed by atoms with Crippen molar-refractivity contribution < 1.29 is 9.18 Å². The van der Waals surface area contributed by atoms with Gasteiger partial charge in [-0.3, -0.25) is 9.79 Å². The van der Waals surface area contributed by atoms with Crippen LogP contribution in [0.25, 0.3) is 0 Å². The van der Waals surface area contributed by atoms with Gasteiger partial charge in [-0.1, -0.05) is 18.2 Å². The average molecular weight is 513 g/mol. The summed E-state index contributed by atoms with van der Waals surface area (Å²) in [7, 11) is 8.76. The van der Waals surface area contributed by atoms with Crippen molar-refractivity contribution >= 4 is 41.5 Å². The van der Waals surface area contributed by atoms with Gasteiger partial charge in [0.1, 0.15) is 5.82 Å². The molecule has 0 atom stereocenters. The third-order valence-corrected chi connectivity index (χ3v) is 4.24. The Morgan fingerprint density at radius 1 is 0.966 bits per heavy atom. The van der Waals surface area contributed by atoms with E-state index in [2.05, 4.69) is 15.6 Å². The van der Waals surface area contributed by atoms with Crippen LogP contribution in [0.5, 0.6) is 0 Å². The summed E-state index contributed by atoms with van der Waals surface area (Å²) in [4.78, 5) is 19.4. The summed E-state index contributed by atoms with van der Waals surface area (Å²) < 4.78 is 14.1. The molecule has 0 aliphatic heterocycles. The summed E-state index contributed by atoms with van der Waals surface area (Å²) >= 11 is 0. The Kier molecular flexibility index (Phi) is 9.87. The summed E-state index contributed by atoms with van der Waals surface area (Å²) in [5, 5.41) is 6.39. The van der Waals surface area contributed by atoms with Crippen LogP contribution in [0.1, 0.15) is 21.5 Å². The number of nitrogens with zero attached hydrogens (tertiary/aromatic N) is 3. The second-order valence-electron chi connectivity index (χ2n) is 6.86. The fourth-order valence-electron chi connectivity index (χ4n) is 2.64. The number of amides is 1. The minimum Gasteiger partial charge on any atom is -0.375 e. The predicted molar refractivity (Wildman–Crippen MR) is 128 cm³/mol. The Labute approximate surface area is 189 Å². The molecule has 0 spiro atoms. The van der Waals surface area contributed by atoms with Crippen LogP contribution < -0.4 is 15.5 Å². The van der Waals surface area contributed by atoms with Crippen molar-refractivity contribution in [3.63, 3.8) is 0 Å². The van der Waals surface area contributed by atoms with E-state index in [0.29, 0.717) is 30.3 Å². The van der Waals surface area contributed by atoms with E-state index >= 15 is 0 Å². The topological polar surface area (TPSA) is 60.0 Å². The molecule has 0 radical (unpaired) electrons. The van der Waals surface area contributed by atoms with E-state index in [1.54, 1.807) is 37.0 Å². The molecule has 1 amide bonds. The second-order valence-corrected chi connectivity index (χ2v) is 6.86. The summed E-state index contributed by atoms with van der Waals surface area (Å²) in [5.74, 6) is 0.342. The van der Waals surface area contributed by atoms with E-state index in [4.69, 9.17) is 0 Å². The number of guanidine groups is 1. The molecule has 0 saturated heterocycles. The molecule has 0 bridgehead atoms. The molecule has 158 valence electrons. The molecular weight excluding hydrogens is 484 g/mol. The second kappa shape index (κ2) is 11.6. The normalized spacial score (nSPS) is 10.8. The van der Waals surface area contributed by atoms with Gasteiger partial charge in [-0.15, -0.1) is 24.0 Å². The zero-order chi connectivity index (χ0) is 20.7. The number of aliphatic imine (C=N–C) groups is 1. The predicted octanol–water partition coefficient (Wildman–Crippen LogP) is 3.08. The lowest BCUT2D eigenvalue weighted by Crippen LogP contribution is -2.36. The first kappa shape index (κ1) is 24.7. The van der Waals surface area contributed by atoms with Crippen molar-refractivity contribution in [2.45, 2.75) is 13.1 Å². The fourth-order valence-corrected chi connectivity index (χ4v) is 2.64. The first-order valence-corrected chi connectivity index (χ1v) is 9.02. The van der Waals surface area contributed by atoms with Gasteiger partial charge in [0, 0.05) is 53.9 Å².